The number of aryl methyl sites for hydroxylation is 1. The lowest BCUT2D eigenvalue weighted by atomic mass is 10.2. The number of aromatic nitrogens is 2. The molecule has 0 N–H and O–H groups in total. The van der Waals surface area contributed by atoms with Crippen LogP contribution in [-0.4, -0.2) is 23.0 Å². The predicted octanol–water partition coefficient (Wildman–Crippen LogP) is 8.26. The van der Waals surface area contributed by atoms with Gasteiger partial charge in [0.1, 0.15) is 12.4 Å². The summed E-state index contributed by atoms with van der Waals surface area (Å²) < 4.78 is 16.5. The molecule has 192 valence electrons. The lowest BCUT2D eigenvalue weighted by Crippen LogP contribution is -2.22. The molecule has 0 atom stereocenters. The lowest BCUT2D eigenvalue weighted by Gasteiger charge is -2.14. The van der Waals surface area contributed by atoms with Crippen LogP contribution in [0.25, 0.3) is 10.9 Å². The molecule has 0 aliphatic heterocycles. The van der Waals surface area contributed by atoms with E-state index in [9.17, 15) is 4.79 Å². The first-order valence-electron chi connectivity index (χ1n) is 11.5. The fourth-order valence-corrected chi connectivity index (χ4v) is 5.77. The molecule has 4 aromatic rings. The Bertz CT molecular complexity index is 1540. The van der Waals surface area contributed by atoms with Crippen molar-refractivity contribution in [2.24, 2.45) is 5.10 Å². The lowest BCUT2D eigenvalue weighted by molar-refractivity contribution is 0.282. The Morgan fingerprint density at radius 1 is 1.00 bits per heavy atom. The summed E-state index contributed by atoms with van der Waals surface area (Å²) in [4.78, 5) is 18.1. The number of unbranched alkanes of at least 4 members (excludes halogenated alkanes) is 1. The number of hydrogen-bond donors (Lipinski definition) is 0. The van der Waals surface area contributed by atoms with Crippen LogP contribution in [0.3, 0.4) is 0 Å². The van der Waals surface area contributed by atoms with Gasteiger partial charge in [-0.2, -0.15) is 9.78 Å². The van der Waals surface area contributed by atoms with Gasteiger partial charge in [0.15, 0.2) is 11.5 Å². The number of ether oxygens (including phenoxy) is 2. The van der Waals surface area contributed by atoms with Crippen LogP contribution in [0.1, 0.15) is 36.7 Å². The summed E-state index contributed by atoms with van der Waals surface area (Å²) in [5, 5.41) is 5.05. The topological polar surface area (TPSA) is 65.7 Å². The summed E-state index contributed by atoms with van der Waals surface area (Å²) in [5.74, 6) is 1.75. The third-order valence-electron chi connectivity index (χ3n) is 5.59. The molecular formula is C27H23Br4N3O3. The molecule has 0 aliphatic rings. The molecule has 37 heavy (non-hydrogen) atoms. The number of hydrogen-bond acceptors (Lipinski definition) is 5. The van der Waals surface area contributed by atoms with Crippen molar-refractivity contribution in [2.45, 2.75) is 32.8 Å². The van der Waals surface area contributed by atoms with Crippen LogP contribution < -0.4 is 15.0 Å². The first-order chi connectivity index (χ1) is 17.8. The van der Waals surface area contributed by atoms with Crippen LogP contribution in [0, 0.1) is 0 Å². The zero-order valence-electron chi connectivity index (χ0n) is 20.1. The minimum Gasteiger partial charge on any atom is -0.493 e. The molecule has 0 bridgehead atoms. The van der Waals surface area contributed by atoms with Crippen molar-refractivity contribution in [3.8, 4) is 11.5 Å². The maximum absolute atomic E-state index is 13.3. The maximum Gasteiger partial charge on any atom is 0.282 e. The number of benzene rings is 3. The first-order valence-corrected chi connectivity index (χ1v) is 14.7. The molecule has 1 heterocycles. The van der Waals surface area contributed by atoms with Gasteiger partial charge in [-0.25, -0.2) is 4.98 Å². The average Bonchev–Trinajstić information content (AvgIpc) is 2.87. The van der Waals surface area contributed by atoms with Crippen molar-refractivity contribution in [1.82, 2.24) is 9.66 Å². The molecule has 6 nitrogen and oxygen atoms in total. The minimum absolute atomic E-state index is 0.209. The van der Waals surface area contributed by atoms with Crippen molar-refractivity contribution in [2.75, 3.05) is 7.11 Å². The van der Waals surface area contributed by atoms with Crippen LogP contribution >= 0.6 is 63.7 Å². The van der Waals surface area contributed by atoms with Gasteiger partial charge in [-0.15, -0.1) is 0 Å². The Balaban J connectivity index is 1.67. The second kappa shape index (κ2) is 12.7. The molecule has 10 heteroatoms. The van der Waals surface area contributed by atoms with Gasteiger partial charge in [0.2, 0.25) is 0 Å². The number of nitrogens with zero attached hydrogens (tertiary/aromatic N) is 3. The summed E-state index contributed by atoms with van der Waals surface area (Å²) in [6, 6.07) is 15.1. The van der Waals surface area contributed by atoms with Crippen molar-refractivity contribution in [1.29, 1.82) is 0 Å². The van der Waals surface area contributed by atoms with Crippen LogP contribution in [0.2, 0.25) is 0 Å². The SMILES string of the molecule is CCCCc1nc2ccc(Br)cc2c(=O)n1N=Cc1cc(Br)c(OCc2ccc(Br)cc2Br)c(OC)c1. The molecule has 0 fully saturated rings. The summed E-state index contributed by atoms with van der Waals surface area (Å²) in [6.07, 6.45) is 4.18. The fraction of sp³-hybridized carbons (Fsp3) is 0.222. The predicted molar refractivity (Wildman–Crippen MR) is 162 cm³/mol. The van der Waals surface area contributed by atoms with E-state index < -0.39 is 0 Å². The van der Waals surface area contributed by atoms with Crippen molar-refractivity contribution >= 4 is 80.8 Å². The van der Waals surface area contributed by atoms with E-state index in [-0.39, 0.29) is 5.56 Å². The quantitative estimate of drug-likeness (QED) is 0.162. The highest BCUT2D eigenvalue weighted by Gasteiger charge is 2.14. The monoisotopic (exact) mass is 753 g/mol. The largest absolute Gasteiger partial charge is 0.493 e. The number of methoxy groups -OCH3 is 1. The Morgan fingerprint density at radius 2 is 1.76 bits per heavy atom. The van der Waals surface area contributed by atoms with E-state index in [1.807, 2.05) is 42.5 Å². The van der Waals surface area contributed by atoms with E-state index in [0.717, 1.165) is 37.4 Å². The van der Waals surface area contributed by atoms with Crippen LogP contribution in [-0.2, 0) is 13.0 Å². The molecule has 0 radical (unpaired) electrons. The molecule has 0 aliphatic carbocycles. The van der Waals surface area contributed by atoms with E-state index in [1.165, 1.54) is 4.68 Å². The Hall–Kier alpha value is -2.01. The van der Waals surface area contributed by atoms with E-state index in [0.29, 0.717) is 45.7 Å². The van der Waals surface area contributed by atoms with Crippen LogP contribution in [0.5, 0.6) is 11.5 Å². The van der Waals surface area contributed by atoms with Crippen molar-refractivity contribution in [3.63, 3.8) is 0 Å². The molecule has 0 saturated carbocycles. The highest BCUT2D eigenvalue weighted by Crippen LogP contribution is 2.37. The second-order valence-electron chi connectivity index (χ2n) is 8.21. The standard InChI is InChI=1S/C27H23Br4N3O3/c1-3-4-5-25-33-23-9-8-18(28)12-20(23)27(35)34(25)32-14-16-10-22(31)26(24(11-16)36-2)37-15-17-6-7-19(29)13-21(17)30/h6-14H,3-5,15H2,1-2H3. The minimum atomic E-state index is -0.209. The first kappa shape index (κ1) is 28.0. The second-order valence-corrected chi connectivity index (χ2v) is 11.8. The smallest absolute Gasteiger partial charge is 0.282 e. The normalized spacial score (nSPS) is 11.4. The number of fused-ring (bicyclic) bond motifs is 1. The molecule has 0 amide bonds. The van der Waals surface area contributed by atoms with Crippen molar-refractivity contribution < 1.29 is 9.47 Å². The van der Waals surface area contributed by atoms with Gasteiger partial charge in [-0.1, -0.05) is 67.2 Å². The van der Waals surface area contributed by atoms with Gasteiger partial charge in [0.05, 0.1) is 28.7 Å². The fourth-order valence-electron chi connectivity index (χ4n) is 3.68. The van der Waals surface area contributed by atoms with Crippen molar-refractivity contribution in [3.05, 3.63) is 93.7 Å². The Labute approximate surface area is 248 Å². The van der Waals surface area contributed by atoms with E-state index >= 15 is 0 Å². The molecule has 1 aromatic heterocycles. The zero-order chi connectivity index (χ0) is 26.5. The van der Waals surface area contributed by atoms with E-state index in [4.69, 9.17) is 14.5 Å². The molecule has 0 unspecified atom stereocenters. The van der Waals surface area contributed by atoms with Gasteiger partial charge in [-0.05, 0) is 70.4 Å². The summed E-state index contributed by atoms with van der Waals surface area (Å²) >= 11 is 14.1. The highest BCUT2D eigenvalue weighted by atomic mass is 79.9. The van der Waals surface area contributed by atoms with Gasteiger partial charge in [0.25, 0.3) is 5.56 Å². The van der Waals surface area contributed by atoms with E-state index in [1.54, 1.807) is 19.4 Å². The Kier molecular flexibility index (Phi) is 9.61. The van der Waals surface area contributed by atoms with Crippen LogP contribution in [0.15, 0.2) is 76.3 Å². The molecule has 4 rings (SSSR count). The van der Waals surface area contributed by atoms with Gasteiger partial charge in [0, 0.05) is 25.4 Å². The van der Waals surface area contributed by atoms with Crippen LogP contribution in [0.4, 0.5) is 0 Å². The van der Waals surface area contributed by atoms with Gasteiger partial charge in [-0.3, -0.25) is 4.79 Å². The number of halogens is 4. The third-order valence-corrected chi connectivity index (χ3v) is 7.90. The van der Waals surface area contributed by atoms with Gasteiger partial charge >= 0.3 is 0 Å². The number of rotatable bonds is 9. The summed E-state index contributed by atoms with van der Waals surface area (Å²) in [5.41, 5.74) is 2.19. The summed E-state index contributed by atoms with van der Waals surface area (Å²) in [7, 11) is 1.59. The Morgan fingerprint density at radius 3 is 2.49 bits per heavy atom. The molecule has 0 saturated heterocycles. The molecular weight excluding hydrogens is 734 g/mol. The maximum atomic E-state index is 13.3. The summed E-state index contributed by atoms with van der Waals surface area (Å²) in [6.45, 7) is 2.46. The zero-order valence-corrected chi connectivity index (χ0v) is 26.4. The highest BCUT2D eigenvalue weighted by molar-refractivity contribution is 9.11. The third kappa shape index (κ3) is 6.71. The molecule has 0 spiro atoms. The average molecular weight is 757 g/mol. The molecule has 3 aromatic carbocycles. The van der Waals surface area contributed by atoms with E-state index in [2.05, 4.69) is 75.7 Å². The van der Waals surface area contributed by atoms with Gasteiger partial charge < -0.3 is 9.47 Å².